The molecule has 0 unspecified atom stereocenters. The van der Waals surface area contributed by atoms with Crippen LogP contribution >= 0.6 is 0 Å². The molecule has 19 heavy (non-hydrogen) atoms. The van der Waals surface area contributed by atoms with E-state index in [0.29, 0.717) is 11.1 Å². The molecule has 0 N–H and O–H groups in total. The highest BCUT2D eigenvalue weighted by molar-refractivity contribution is 5.94. The molecule has 4 heteroatoms. The van der Waals surface area contributed by atoms with Crippen molar-refractivity contribution in [3.8, 4) is 0 Å². The minimum atomic E-state index is 0.245. The van der Waals surface area contributed by atoms with E-state index in [9.17, 15) is 4.79 Å². The Labute approximate surface area is 113 Å². The van der Waals surface area contributed by atoms with E-state index in [4.69, 9.17) is 0 Å². The standard InChI is InChI=1S/C15H21N3O/c1-18-13(9-16-17-18)14(19)8-15-5-10-2-11(6-15)4-12(3-10)7-15/h9-12H,2-8H2,1H3. The third kappa shape index (κ3) is 1.84. The van der Waals surface area contributed by atoms with Crippen LogP contribution in [0.1, 0.15) is 55.4 Å². The lowest BCUT2D eigenvalue weighted by Gasteiger charge is -2.56. The van der Waals surface area contributed by atoms with Gasteiger partial charge in [-0.2, -0.15) is 0 Å². The number of carbonyl (C=O) groups excluding carboxylic acids is 1. The first-order valence-corrected chi connectivity index (χ1v) is 7.51. The minimum Gasteiger partial charge on any atom is -0.292 e. The molecule has 5 rings (SSSR count). The molecule has 4 fully saturated rings. The molecule has 0 radical (unpaired) electrons. The van der Waals surface area contributed by atoms with E-state index in [1.165, 1.54) is 38.5 Å². The van der Waals surface area contributed by atoms with Crippen LogP contribution < -0.4 is 0 Å². The first-order chi connectivity index (χ1) is 9.13. The number of ketones is 1. The van der Waals surface area contributed by atoms with Gasteiger partial charge >= 0.3 is 0 Å². The lowest BCUT2D eigenvalue weighted by Crippen LogP contribution is -2.46. The molecule has 102 valence electrons. The fourth-order valence-corrected chi connectivity index (χ4v) is 5.48. The molecule has 4 aliphatic carbocycles. The number of nitrogens with zero attached hydrogens (tertiary/aromatic N) is 3. The molecule has 0 aromatic carbocycles. The van der Waals surface area contributed by atoms with Gasteiger partial charge < -0.3 is 0 Å². The lowest BCUT2D eigenvalue weighted by molar-refractivity contribution is -0.0525. The lowest BCUT2D eigenvalue weighted by atomic mass is 9.48. The number of hydrogen-bond donors (Lipinski definition) is 0. The van der Waals surface area contributed by atoms with Gasteiger partial charge in [0.05, 0.1) is 6.20 Å². The quantitative estimate of drug-likeness (QED) is 0.784. The van der Waals surface area contributed by atoms with E-state index in [-0.39, 0.29) is 5.78 Å². The Morgan fingerprint density at radius 2 is 1.84 bits per heavy atom. The second-order valence-corrected chi connectivity index (χ2v) is 7.26. The Kier molecular flexibility index (Phi) is 2.39. The van der Waals surface area contributed by atoms with Gasteiger partial charge in [-0.1, -0.05) is 5.21 Å². The molecule has 1 heterocycles. The van der Waals surface area contributed by atoms with E-state index in [0.717, 1.165) is 24.2 Å². The average Bonchev–Trinajstić information content (AvgIpc) is 2.72. The largest absolute Gasteiger partial charge is 0.292 e. The van der Waals surface area contributed by atoms with Gasteiger partial charge in [0.25, 0.3) is 0 Å². The third-order valence-electron chi connectivity index (χ3n) is 5.70. The second-order valence-electron chi connectivity index (χ2n) is 7.26. The Bertz CT molecular complexity index is 484. The smallest absolute Gasteiger partial charge is 0.183 e. The zero-order valence-electron chi connectivity index (χ0n) is 11.5. The number of hydrogen-bond acceptors (Lipinski definition) is 3. The highest BCUT2D eigenvalue weighted by Gasteiger charge is 2.51. The summed E-state index contributed by atoms with van der Waals surface area (Å²) >= 11 is 0. The summed E-state index contributed by atoms with van der Waals surface area (Å²) in [6.07, 6.45) is 10.5. The van der Waals surface area contributed by atoms with Crippen LogP contribution in [0.2, 0.25) is 0 Å². The van der Waals surface area contributed by atoms with Crippen molar-refractivity contribution in [1.29, 1.82) is 0 Å². The molecule has 4 bridgehead atoms. The first kappa shape index (κ1) is 11.6. The highest BCUT2D eigenvalue weighted by Crippen LogP contribution is 2.61. The normalized spacial score (nSPS) is 39.7. The van der Waals surface area contributed by atoms with Gasteiger partial charge in [-0.25, -0.2) is 4.68 Å². The van der Waals surface area contributed by atoms with Gasteiger partial charge in [0.15, 0.2) is 5.78 Å². The summed E-state index contributed by atoms with van der Waals surface area (Å²) in [5.41, 5.74) is 0.992. The SMILES string of the molecule is Cn1nncc1C(=O)CC12CC3CC(CC(C3)C1)C2. The average molecular weight is 259 g/mol. The topological polar surface area (TPSA) is 47.8 Å². The summed E-state index contributed by atoms with van der Waals surface area (Å²) in [4.78, 5) is 12.5. The zero-order chi connectivity index (χ0) is 13.0. The van der Waals surface area contributed by atoms with Crippen LogP contribution in [-0.2, 0) is 7.05 Å². The summed E-state index contributed by atoms with van der Waals surface area (Å²) in [5, 5.41) is 7.71. The number of carbonyl (C=O) groups is 1. The summed E-state index contributed by atoms with van der Waals surface area (Å²) in [5.74, 6) is 2.96. The third-order valence-corrected chi connectivity index (χ3v) is 5.70. The van der Waals surface area contributed by atoms with E-state index >= 15 is 0 Å². The van der Waals surface area contributed by atoms with Crippen LogP contribution in [0.15, 0.2) is 6.20 Å². The van der Waals surface area contributed by atoms with Crippen molar-refractivity contribution in [3.05, 3.63) is 11.9 Å². The number of rotatable bonds is 3. The maximum atomic E-state index is 12.5. The first-order valence-electron chi connectivity index (χ1n) is 7.51. The Balaban J connectivity index is 1.56. The van der Waals surface area contributed by atoms with Gasteiger partial charge in [0, 0.05) is 13.5 Å². The minimum absolute atomic E-state index is 0.245. The van der Waals surface area contributed by atoms with E-state index in [1.54, 1.807) is 17.9 Å². The van der Waals surface area contributed by atoms with Gasteiger partial charge in [-0.15, -0.1) is 5.10 Å². The molecule has 1 aromatic rings. The van der Waals surface area contributed by atoms with Crippen molar-refractivity contribution >= 4 is 5.78 Å². The van der Waals surface area contributed by atoms with E-state index in [2.05, 4.69) is 10.3 Å². The van der Waals surface area contributed by atoms with Crippen molar-refractivity contribution in [1.82, 2.24) is 15.0 Å². The fraction of sp³-hybridized carbons (Fsp3) is 0.800. The molecule has 4 aliphatic rings. The predicted octanol–water partition coefficient (Wildman–Crippen LogP) is 2.60. The Morgan fingerprint density at radius 1 is 1.26 bits per heavy atom. The summed E-state index contributed by atoms with van der Waals surface area (Å²) in [6, 6.07) is 0. The van der Waals surface area contributed by atoms with E-state index in [1.807, 2.05) is 0 Å². The van der Waals surface area contributed by atoms with Crippen molar-refractivity contribution in [2.24, 2.45) is 30.2 Å². The van der Waals surface area contributed by atoms with Crippen molar-refractivity contribution in [2.75, 3.05) is 0 Å². The number of aryl methyl sites for hydroxylation is 1. The van der Waals surface area contributed by atoms with Gasteiger partial charge in [0.2, 0.25) is 0 Å². The summed E-state index contributed by atoms with van der Waals surface area (Å²) < 4.78 is 1.61. The molecule has 0 aliphatic heterocycles. The maximum Gasteiger partial charge on any atom is 0.183 e. The van der Waals surface area contributed by atoms with Crippen LogP contribution in [0.3, 0.4) is 0 Å². The van der Waals surface area contributed by atoms with Crippen molar-refractivity contribution in [3.63, 3.8) is 0 Å². The molecular formula is C15H21N3O. The molecule has 0 spiro atoms. The van der Waals surface area contributed by atoms with Gasteiger partial charge in [0.1, 0.15) is 5.69 Å². The molecule has 0 amide bonds. The second kappa shape index (κ2) is 3.90. The Hall–Kier alpha value is -1.19. The molecular weight excluding hydrogens is 238 g/mol. The van der Waals surface area contributed by atoms with Gasteiger partial charge in [-0.05, 0) is 61.7 Å². The van der Waals surface area contributed by atoms with Crippen LogP contribution in [-0.4, -0.2) is 20.8 Å². The van der Waals surface area contributed by atoms with Crippen LogP contribution in [0.25, 0.3) is 0 Å². The maximum absolute atomic E-state index is 12.5. The summed E-state index contributed by atoms with van der Waals surface area (Å²) in [6.45, 7) is 0. The van der Waals surface area contributed by atoms with Gasteiger partial charge in [-0.3, -0.25) is 4.79 Å². The predicted molar refractivity (Wildman–Crippen MR) is 70.6 cm³/mol. The van der Waals surface area contributed by atoms with Crippen LogP contribution in [0.5, 0.6) is 0 Å². The molecule has 4 saturated carbocycles. The Morgan fingerprint density at radius 3 is 2.32 bits per heavy atom. The molecule has 4 nitrogen and oxygen atoms in total. The molecule has 0 atom stereocenters. The molecule has 1 aromatic heterocycles. The number of aromatic nitrogens is 3. The van der Waals surface area contributed by atoms with Crippen LogP contribution in [0, 0.1) is 23.2 Å². The summed E-state index contributed by atoms with van der Waals surface area (Å²) in [7, 11) is 1.81. The number of Topliss-reactive ketones (excluding diaryl/α,β-unsaturated/α-hetero) is 1. The highest BCUT2D eigenvalue weighted by atomic mass is 16.1. The van der Waals surface area contributed by atoms with Crippen LogP contribution in [0.4, 0.5) is 0 Å². The van der Waals surface area contributed by atoms with Crippen molar-refractivity contribution < 1.29 is 4.79 Å². The van der Waals surface area contributed by atoms with E-state index < -0.39 is 0 Å². The van der Waals surface area contributed by atoms with Crippen molar-refractivity contribution in [2.45, 2.75) is 44.9 Å². The fourth-order valence-electron chi connectivity index (χ4n) is 5.48. The molecule has 0 saturated heterocycles. The monoisotopic (exact) mass is 259 g/mol. The zero-order valence-corrected chi connectivity index (χ0v) is 11.5.